The van der Waals surface area contributed by atoms with E-state index in [2.05, 4.69) is 4.98 Å². The van der Waals surface area contributed by atoms with Crippen LogP contribution in [0.2, 0.25) is 5.02 Å². The first-order valence-corrected chi connectivity index (χ1v) is 10.6. The van der Waals surface area contributed by atoms with E-state index in [4.69, 9.17) is 26.3 Å². The van der Waals surface area contributed by atoms with E-state index in [9.17, 15) is 4.79 Å². The molecule has 3 rings (SSSR count). The number of hydroxylamine groups is 1. The fourth-order valence-corrected chi connectivity index (χ4v) is 4.03. The minimum absolute atomic E-state index is 0.334. The van der Waals surface area contributed by atoms with E-state index in [-0.39, 0.29) is 5.91 Å². The molecule has 0 saturated carbocycles. The Morgan fingerprint density at radius 3 is 2.76 bits per heavy atom. The van der Waals surface area contributed by atoms with E-state index in [1.807, 2.05) is 36.4 Å². The van der Waals surface area contributed by atoms with Crippen molar-refractivity contribution < 1.29 is 19.5 Å². The first-order valence-electron chi connectivity index (χ1n) is 9.41. The Hall–Kier alpha value is -2.35. The van der Waals surface area contributed by atoms with Crippen LogP contribution in [0.4, 0.5) is 0 Å². The highest BCUT2D eigenvalue weighted by Crippen LogP contribution is 2.36. The highest BCUT2D eigenvalue weighted by molar-refractivity contribution is 7.21. The Morgan fingerprint density at radius 1 is 1.14 bits per heavy atom. The first kappa shape index (κ1) is 21.4. The third kappa shape index (κ3) is 5.82. The summed E-state index contributed by atoms with van der Waals surface area (Å²) < 4.78 is 12.4. The number of ether oxygens (including phenoxy) is 2. The van der Waals surface area contributed by atoms with Gasteiger partial charge in [0.15, 0.2) is 11.5 Å². The largest absolute Gasteiger partial charge is 0.493 e. The van der Waals surface area contributed by atoms with E-state index in [1.54, 1.807) is 23.9 Å². The molecule has 3 aromatic rings. The number of halogens is 1. The predicted octanol–water partition coefficient (Wildman–Crippen LogP) is 5.46. The van der Waals surface area contributed by atoms with Gasteiger partial charge in [-0.25, -0.2) is 10.5 Å². The summed E-state index contributed by atoms with van der Waals surface area (Å²) in [5.74, 6) is 1.01. The Morgan fingerprint density at radius 2 is 1.97 bits per heavy atom. The minimum atomic E-state index is -0.347. The summed E-state index contributed by atoms with van der Waals surface area (Å²) >= 11 is 7.67. The van der Waals surface area contributed by atoms with Gasteiger partial charge in [-0.15, -0.1) is 11.3 Å². The number of aromatic nitrogens is 1. The van der Waals surface area contributed by atoms with Crippen molar-refractivity contribution in [3.05, 3.63) is 41.4 Å². The van der Waals surface area contributed by atoms with Crippen LogP contribution in [0.25, 0.3) is 20.8 Å². The lowest BCUT2D eigenvalue weighted by atomic mass is 10.1. The summed E-state index contributed by atoms with van der Waals surface area (Å²) in [5.41, 5.74) is 3.49. The Bertz CT molecular complexity index is 976. The van der Waals surface area contributed by atoms with Gasteiger partial charge in [0.25, 0.3) is 0 Å². The maximum atomic E-state index is 11.0. The molecule has 0 aliphatic rings. The summed E-state index contributed by atoms with van der Waals surface area (Å²) in [6.45, 7) is 0.557. The van der Waals surface area contributed by atoms with Crippen LogP contribution in [0, 0.1) is 0 Å². The quantitative estimate of drug-likeness (QED) is 0.251. The molecule has 8 heteroatoms. The van der Waals surface area contributed by atoms with E-state index in [1.165, 1.54) is 0 Å². The lowest BCUT2D eigenvalue weighted by Crippen LogP contribution is -2.17. The van der Waals surface area contributed by atoms with Crippen molar-refractivity contribution in [2.24, 2.45) is 0 Å². The van der Waals surface area contributed by atoms with Gasteiger partial charge in [0, 0.05) is 17.0 Å². The van der Waals surface area contributed by atoms with Crippen LogP contribution in [0.3, 0.4) is 0 Å². The highest BCUT2D eigenvalue weighted by atomic mass is 35.5. The van der Waals surface area contributed by atoms with E-state index in [0.717, 1.165) is 46.5 Å². The average molecular weight is 435 g/mol. The number of carbonyl (C=O) groups excluding carboxylic acids is 1. The lowest BCUT2D eigenvalue weighted by Gasteiger charge is -2.11. The molecule has 0 atom stereocenters. The number of hydrogen-bond acceptors (Lipinski definition) is 6. The van der Waals surface area contributed by atoms with Crippen LogP contribution in [0.1, 0.15) is 32.1 Å². The second-order valence-electron chi connectivity index (χ2n) is 6.54. The fourth-order valence-electron chi connectivity index (χ4n) is 2.93. The van der Waals surface area contributed by atoms with Crippen molar-refractivity contribution >= 4 is 39.1 Å². The molecule has 2 aromatic carbocycles. The molecule has 29 heavy (non-hydrogen) atoms. The topological polar surface area (TPSA) is 80.7 Å². The van der Waals surface area contributed by atoms with Crippen molar-refractivity contribution in [3.63, 3.8) is 0 Å². The zero-order chi connectivity index (χ0) is 20.6. The zero-order valence-corrected chi connectivity index (χ0v) is 17.7. The molecule has 0 spiro atoms. The Labute approximate surface area is 178 Å². The highest BCUT2D eigenvalue weighted by Gasteiger charge is 2.11. The number of unbranched alkanes of at least 4 members (excludes halogenated alkanes) is 3. The number of nitrogens with zero attached hydrogens (tertiary/aromatic N) is 1. The van der Waals surface area contributed by atoms with Crippen LogP contribution >= 0.6 is 22.9 Å². The standard InChI is InChI=1S/C21H23ClN2O4S/c1-27-17-9-7-14(21-23-16-13-15(22)8-10-19(16)29-21)12-18(17)28-11-5-3-2-4-6-20(25)24-26/h7-10,12-13,26H,2-6,11H2,1H3,(H,24,25). The van der Waals surface area contributed by atoms with Gasteiger partial charge in [0.05, 0.1) is 23.9 Å². The molecule has 6 nitrogen and oxygen atoms in total. The Balaban J connectivity index is 1.60. The normalized spacial score (nSPS) is 10.9. The summed E-state index contributed by atoms with van der Waals surface area (Å²) in [6.07, 6.45) is 3.79. The van der Waals surface area contributed by atoms with Crippen LogP contribution < -0.4 is 15.0 Å². The molecule has 154 valence electrons. The molecular weight excluding hydrogens is 412 g/mol. The molecular formula is C21H23ClN2O4S. The second-order valence-corrected chi connectivity index (χ2v) is 8.01. The van der Waals surface area contributed by atoms with E-state index in [0.29, 0.717) is 29.5 Å². The fraction of sp³-hybridized carbons (Fsp3) is 0.333. The van der Waals surface area contributed by atoms with Gasteiger partial charge >= 0.3 is 0 Å². The molecule has 0 bridgehead atoms. The number of hydrogen-bond donors (Lipinski definition) is 2. The van der Waals surface area contributed by atoms with Gasteiger partial charge in [-0.3, -0.25) is 10.0 Å². The molecule has 2 N–H and O–H groups in total. The van der Waals surface area contributed by atoms with Gasteiger partial charge in [-0.1, -0.05) is 24.4 Å². The third-order valence-electron chi connectivity index (χ3n) is 4.44. The number of benzene rings is 2. The van der Waals surface area contributed by atoms with Crippen LogP contribution in [-0.4, -0.2) is 29.8 Å². The summed E-state index contributed by atoms with van der Waals surface area (Å²) in [5, 5.41) is 10.0. The summed E-state index contributed by atoms with van der Waals surface area (Å²) in [4.78, 5) is 15.6. The number of methoxy groups -OCH3 is 1. The van der Waals surface area contributed by atoms with Gasteiger partial charge in [0.1, 0.15) is 5.01 Å². The predicted molar refractivity (Wildman–Crippen MR) is 115 cm³/mol. The van der Waals surface area contributed by atoms with E-state index < -0.39 is 0 Å². The first-order chi connectivity index (χ1) is 14.1. The average Bonchev–Trinajstić information content (AvgIpc) is 3.15. The van der Waals surface area contributed by atoms with Crippen molar-refractivity contribution in [1.82, 2.24) is 10.5 Å². The SMILES string of the molecule is COc1ccc(-c2nc3cc(Cl)ccc3s2)cc1OCCCCCCC(=O)NO. The number of carbonyl (C=O) groups is 1. The van der Waals surface area contributed by atoms with E-state index >= 15 is 0 Å². The van der Waals surface area contributed by atoms with Crippen molar-refractivity contribution in [2.75, 3.05) is 13.7 Å². The molecule has 0 radical (unpaired) electrons. The Kier molecular flexibility index (Phi) is 7.69. The number of rotatable bonds is 10. The van der Waals surface area contributed by atoms with Crippen LogP contribution in [0.15, 0.2) is 36.4 Å². The van der Waals surface area contributed by atoms with Crippen molar-refractivity contribution in [1.29, 1.82) is 0 Å². The molecule has 0 aliphatic carbocycles. The third-order valence-corrected chi connectivity index (χ3v) is 5.76. The number of fused-ring (bicyclic) bond motifs is 1. The summed E-state index contributed by atoms with van der Waals surface area (Å²) in [7, 11) is 1.62. The molecule has 0 saturated heterocycles. The maximum absolute atomic E-state index is 11.0. The maximum Gasteiger partial charge on any atom is 0.243 e. The van der Waals surface area contributed by atoms with Crippen molar-refractivity contribution in [2.45, 2.75) is 32.1 Å². The molecule has 0 fully saturated rings. The van der Waals surface area contributed by atoms with Gasteiger partial charge in [-0.05, 0) is 49.2 Å². The smallest absolute Gasteiger partial charge is 0.243 e. The molecule has 1 amide bonds. The molecule has 1 heterocycles. The van der Waals surface area contributed by atoms with Crippen LogP contribution in [0.5, 0.6) is 11.5 Å². The minimum Gasteiger partial charge on any atom is -0.493 e. The second kappa shape index (κ2) is 10.4. The van der Waals surface area contributed by atoms with Crippen molar-refractivity contribution in [3.8, 4) is 22.1 Å². The summed E-state index contributed by atoms with van der Waals surface area (Å²) in [6, 6.07) is 11.5. The lowest BCUT2D eigenvalue weighted by molar-refractivity contribution is -0.129. The zero-order valence-electron chi connectivity index (χ0n) is 16.1. The van der Waals surface area contributed by atoms with Crippen LogP contribution in [-0.2, 0) is 4.79 Å². The number of nitrogens with one attached hydrogen (secondary N) is 1. The number of thiazole rings is 1. The monoisotopic (exact) mass is 434 g/mol. The van der Waals surface area contributed by atoms with Gasteiger partial charge in [-0.2, -0.15) is 0 Å². The molecule has 0 unspecified atom stereocenters. The molecule has 0 aliphatic heterocycles. The number of amides is 1. The van der Waals surface area contributed by atoms with Gasteiger partial charge < -0.3 is 9.47 Å². The molecule has 1 aromatic heterocycles. The van der Waals surface area contributed by atoms with Gasteiger partial charge in [0.2, 0.25) is 5.91 Å².